The highest BCUT2D eigenvalue weighted by molar-refractivity contribution is 9.10. The van der Waals surface area contributed by atoms with Crippen LogP contribution in [-0.2, 0) is 4.74 Å². The van der Waals surface area contributed by atoms with Crippen LogP contribution in [0, 0.1) is 5.82 Å². The molecule has 0 saturated carbocycles. The molecule has 0 N–H and O–H groups in total. The van der Waals surface area contributed by atoms with Crippen molar-refractivity contribution < 1.29 is 18.7 Å². The number of hydrogen-bond donors (Lipinski definition) is 0. The number of esters is 1. The molecule has 22 heavy (non-hydrogen) atoms. The Morgan fingerprint density at radius 3 is 2.41 bits per heavy atom. The molecular formula is C16H11BrClFO3. The first-order chi connectivity index (χ1) is 10.4. The number of hydrogen-bond acceptors (Lipinski definition) is 3. The van der Waals surface area contributed by atoms with E-state index in [4.69, 9.17) is 16.3 Å². The Morgan fingerprint density at radius 1 is 1.18 bits per heavy atom. The fraction of sp³-hybridized carbons (Fsp3) is 0.125. The zero-order valence-corrected chi connectivity index (χ0v) is 13.8. The minimum absolute atomic E-state index is 0.174. The third-order valence-corrected chi connectivity index (χ3v) is 3.70. The Bertz CT molecular complexity index is 716. The molecule has 0 spiro atoms. The molecule has 0 aromatic heterocycles. The van der Waals surface area contributed by atoms with E-state index in [9.17, 15) is 14.0 Å². The Balaban J connectivity index is 2.10. The topological polar surface area (TPSA) is 43.4 Å². The van der Waals surface area contributed by atoms with Gasteiger partial charge in [-0.3, -0.25) is 4.79 Å². The van der Waals surface area contributed by atoms with Gasteiger partial charge in [0.25, 0.3) is 0 Å². The standard InChI is InChI=1S/C16H11BrClFO3/c1-9(15(20)10-2-4-11(17)5-3-10)22-16(21)13-7-6-12(18)8-14(13)19/h2-9H,1H3/t9-/m0/s1. The molecule has 3 nitrogen and oxygen atoms in total. The van der Waals surface area contributed by atoms with Gasteiger partial charge < -0.3 is 4.74 Å². The van der Waals surface area contributed by atoms with Crippen LogP contribution >= 0.6 is 27.5 Å². The lowest BCUT2D eigenvalue weighted by Gasteiger charge is -2.13. The van der Waals surface area contributed by atoms with Crippen molar-refractivity contribution in [3.63, 3.8) is 0 Å². The second-order valence-corrected chi connectivity index (χ2v) is 5.89. The SMILES string of the molecule is C[C@H](OC(=O)c1ccc(Cl)cc1F)C(=O)c1ccc(Br)cc1. The number of benzene rings is 2. The lowest BCUT2D eigenvalue weighted by atomic mass is 10.1. The molecule has 0 unspecified atom stereocenters. The van der Waals surface area contributed by atoms with E-state index in [2.05, 4.69) is 15.9 Å². The van der Waals surface area contributed by atoms with Gasteiger partial charge in [0.1, 0.15) is 5.82 Å². The summed E-state index contributed by atoms with van der Waals surface area (Å²) < 4.78 is 19.5. The van der Waals surface area contributed by atoms with Crippen LogP contribution in [0.3, 0.4) is 0 Å². The third kappa shape index (κ3) is 3.93. The maximum atomic E-state index is 13.6. The lowest BCUT2D eigenvalue weighted by Crippen LogP contribution is -2.24. The Kier molecular flexibility index (Phi) is 5.32. The zero-order valence-electron chi connectivity index (χ0n) is 11.5. The average molecular weight is 386 g/mol. The average Bonchev–Trinajstić information content (AvgIpc) is 2.47. The summed E-state index contributed by atoms with van der Waals surface area (Å²) in [5, 5.41) is 0.174. The minimum atomic E-state index is -1.02. The molecule has 0 heterocycles. The van der Waals surface area contributed by atoms with Gasteiger partial charge in [-0.05, 0) is 37.3 Å². The summed E-state index contributed by atoms with van der Waals surface area (Å²) in [6.07, 6.45) is -1.02. The van der Waals surface area contributed by atoms with Crippen molar-refractivity contribution in [2.24, 2.45) is 0 Å². The van der Waals surface area contributed by atoms with Gasteiger partial charge in [0, 0.05) is 15.1 Å². The molecule has 0 amide bonds. The first-order valence-corrected chi connectivity index (χ1v) is 7.51. The van der Waals surface area contributed by atoms with Crippen molar-refractivity contribution in [1.29, 1.82) is 0 Å². The van der Waals surface area contributed by atoms with Gasteiger partial charge in [0.2, 0.25) is 5.78 Å². The Labute approximate surface area is 140 Å². The highest BCUT2D eigenvalue weighted by Crippen LogP contribution is 2.17. The smallest absolute Gasteiger partial charge is 0.341 e. The molecule has 0 saturated heterocycles. The summed E-state index contributed by atoms with van der Waals surface area (Å²) in [6, 6.07) is 10.2. The van der Waals surface area contributed by atoms with Gasteiger partial charge in [0.05, 0.1) is 5.56 Å². The second kappa shape index (κ2) is 7.03. The highest BCUT2D eigenvalue weighted by atomic mass is 79.9. The Hall–Kier alpha value is -1.72. The van der Waals surface area contributed by atoms with Crippen LogP contribution in [-0.4, -0.2) is 17.9 Å². The number of rotatable bonds is 4. The summed E-state index contributed by atoms with van der Waals surface area (Å²) in [7, 11) is 0. The van der Waals surface area contributed by atoms with Gasteiger partial charge in [-0.25, -0.2) is 9.18 Å². The molecule has 2 aromatic carbocycles. The van der Waals surface area contributed by atoms with Crippen LogP contribution in [0.1, 0.15) is 27.6 Å². The molecule has 2 rings (SSSR count). The monoisotopic (exact) mass is 384 g/mol. The highest BCUT2D eigenvalue weighted by Gasteiger charge is 2.22. The van der Waals surface area contributed by atoms with Crippen LogP contribution in [0.4, 0.5) is 4.39 Å². The van der Waals surface area contributed by atoms with Crippen LogP contribution < -0.4 is 0 Å². The fourth-order valence-electron chi connectivity index (χ4n) is 1.78. The molecule has 0 aliphatic carbocycles. The van der Waals surface area contributed by atoms with Crippen molar-refractivity contribution in [3.8, 4) is 0 Å². The number of ether oxygens (including phenoxy) is 1. The van der Waals surface area contributed by atoms with Crippen LogP contribution in [0.5, 0.6) is 0 Å². The molecule has 0 fully saturated rings. The van der Waals surface area contributed by atoms with Gasteiger partial charge >= 0.3 is 5.97 Å². The van der Waals surface area contributed by atoms with Gasteiger partial charge in [0.15, 0.2) is 6.10 Å². The summed E-state index contributed by atoms with van der Waals surface area (Å²) >= 11 is 8.89. The van der Waals surface area contributed by atoms with E-state index in [-0.39, 0.29) is 16.4 Å². The number of Topliss-reactive ketones (excluding diaryl/α,β-unsaturated/α-hetero) is 1. The van der Waals surface area contributed by atoms with E-state index in [1.54, 1.807) is 24.3 Å². The predicted octanol–water partition coefficient (Wildman–Crippen LogP) is 4.67. The zero-order chi connectivity index (χ0) is 16.3. The summed E-state index contributed by atoms with van der Waals surface area (Å²) in [5.41, 5.74) is 0.139. The maximum Gasteiger partial charge on any atom is 0.341 e. The van der Waals surface area contributed by atoms with Crippen molar-refractivity contribution in [3.05, 3.63) is 68.9 Å². The van der Waals surface area contributed by atoms with Crippen LogP contribution in [0.25, 0.3) is 0 Å². The van der Waals surface area contributed by atoms with Crippen molar-refractivity contribution in [2.45, 2.75) is 13.0 Å². The lowest BCUT2D eigenvalue weighted by molar-refractivity contribution is 0.0314. The third-order valence-electron chi connectivity index (χ3n) is 2.93. The predicted molar refractivity (Wildman–Crippen MR) is 84.8 cm³/mol. The number of carbonyl (C=O) groups excluding carboxylic acids is 2. The van der Waals surface area contributed by atoms with Crippen molar-refractivity contribution in [2.75, 3.05) is 0 Å². The normalized spacial score (nSPS) is 11.8. The van der Waals surface area contributed by atoms with Gasteiger partial charge in [-0.15, -0.1) is 0 Å². The summed E-state index contributed by atoms with van der Waals surface area (Å²) in [6.45, 7) is 1.44. The van der Waals surface area contributed by atoms with E-state index >= 15 is 0 Å². The second-order valence-electron chi connectivity index (χ2n) is 4.54. The van der Waals surface area contributed by atoms with Gasteiger partial charge in [-0.2, -0.15) is 0 Å². The van der Waals surface area contributed by atoms with Crippen LogP contribution in [0.15, 0.2) is 46.9 Å². The van der Waals surface area contributed by atoms with Crippen molar-refractivity contribution in [1.82, 2.24) is 0 Å². The number of ketones is 1. The Morgan fingerprint density at radius 2 is 1.82 bits per heavy atom. The van der Waals surface area contributed by atoms with Crippen LogP contribution in [0.2, 0.25) is 5.02 Å². The largest absolute Gasteiger partial charge is 0.451 e. The van der Waals surface area contributed by atoms with E-state index in [0.717, 1.165) is 10.5 Å². The van der Waals surface area contributed by atoms with E-state index < -0.39 is 17.9 Å². The van der Waals surface area contributed by atoms with Crippen molar-refractivity contribution >= 4 is 39.3 Å². The molecule has 2 aromatic rings. The summed E-state index contributed by atoms with van der Waals surface area (Å²) in [4.78, 5) is 24.1. The number of carbonyl (C=O) groups is 2. The molecular weight excluding hydrogens is 375 g/mol. The molecule has 6 heteroatoms. The molecule has 114 valence electrons. The molecule has 0 bridgehead atoms. The fourth-order valence-corrected chi connectivity index (χ4v) is 2.20. The maximum absolute atomic E-state index is 13.6. The number of halogens is 3. The van der Waals surface area contributed by atoms with E-state index in [1.807, 2.05) is 0 Å². The molecule has 0 aliphatic rings. The minimum Gasteiger partial charge on any atom is -0.451 e. The molecule has 0 radical (unpaired) electrons. The molecule has 1 atom stereocenters. The van der Waals surface area contributed by atoms with E-state index in [1.165, 1.54) is 19.1 Å². The first-order valence-electron chi connectivity index (χ1n) is 6.34. The first kappa shape index (κ1) is 16.6. The quantitative estimate of drug-likeness (QED) is 0.567. The summed E-state index contributed by atoms with van der Waals surface area (Å²) in [5.74, 6) is -2.07. The van der Waals surface area contributed by atoms with Gasteiger partial charge in [-0.1, -0.05) is 39.7 Å². The molecule has 0 aliphatic heterocycles. The van der Waals surface area contributed by atoms with E-state index in [0.29, 0.717) is 5.56 Å².